The predicted molar refractivity (Wildman–Crippen MR) is 65.9 cm³/mol. The van der Waals surface area contributed by atoms with Crippen molar-refractivity contribution in [3.63, 3.8) is 0 Å². The van der Waals surface area contributed by atoms with Gasteiger partial charge in [0.25, 0.3) is 0 Å². The Kier molecular flexibility index (Phi) is 6.61. The minimum Gasteiger partial charge on any atom is -0.492 e. The van der Waals surface area contributed by atoms with Crippen LogP contribution in [0.4, 0.5) is 0 Å². The summed E-state index contributed by atoms with van der Waals surface area (Å²) in [4.78, 5) is 0. The first-order valence-corrected chi connectivity index (χ1v) is 5.71. The van der Waals surface area contributed by atoms with Crippen LogP contribution in [0.15, 0.2) is 30.3 Å². The Morgan fingerprint density at radius 1 is 1.25 bits per heavy atom. The van der Waals surface area contributed by atoms with Gasteiger partial charge in [-0.25, -0.2) is 0 Å². The summed E-state index contributed by atoms with van der Waals surface area (Å²) in [5.74, 6) is 0.925. The van der Waals surface area contributed by atoms with E-state index in [1.54, 1.807) is 7.11 Å². The Bertz CT molecular complexity index is 264. The lowest BCUT2D eigenvalue weighted by molar-refractivity contribution is 0.182. The van der Waals surface area contributed by atoms with E-state index in [1.807, 2.05) is 37.4 Å². The van der Waals surface area contributed by atoms with E-state index >= 15 is 0 Å². The normalized spacial score (nSPS) is 12.4. The van der Waals surface area contributed by atoms with Gasteiger partial charge in [0.1, 0.15) is 12.4 Å². The maximum Gasteiger partial charge on any atom is 0.119 e. The molecule has 1 atom stereocenters. The fraction of sp³-hybridized carbons (Fsp3) is 0.538. The van der Waals surface area contributed by atoms with Crippen LogP contribution >= 0.6 is 0 Å². The van der Waals surface area contributed by atoms with Crippen molar-refractivity contribution in [1.29, 1.82) is 0 Å². The molecule has 90 valence electrons. The molecule has 3 heteroatoms. The van der Waals surface area contributed by atoms with Crippen molar-refractivity contribution in [2.45, 2.75) is 18.9 Å². The average molecular weight is 223 g/mol. The van der Waals surface area contributed by atoms with Gasteiger partial charge in [0.15, 0.2) is 0 Å². The first kappa shape index (κ1) is 13.0. The predicted octanol–water partition coefficient (Wildman–Crippen LogP) is 2.08. The molecule has 0 heterocycles. The van der Waals surface area contributed by atoms with E-state index in [0.29, 0.717) is 12.6 Å². The third-order valence-electron chi connectivity index (χ3n) is 2.50. The van der Waals surface area contributed by atoms with Crippen molar-refractivity contribution in [3.8, 4) is 5.75 Å². The highest BCUT2D eigenvalue weighted by atomic mass is 16.5. The van der Waals surface area contributed by atoms with Crippen molar-refractivity contribution < 1.29 is 9.47 Å². The molecule has 0 radical (unpaired) electrons. The highest BCUT2D eigenvalue weighted by molar-refractivity contribution is 5.20. The highest BCUT2D eigenvalue weighted by Gasteiger charge is 2.06. The van der Waals surface area contributed by atoms with Crippen LogP contribution in [0.2, 0.25) is 0 Å². The van der Waals surface area contributed by atoms with Crippen molar-refractivity contribution in [2.75, 3.05) is 27.4 Å². The van der Waals surface area contributed by atoms with Gasteiger partial charge in [-0.15, -0.1) is 0 Å². The number of hydrogen-bond donors (Lipinski definition) is 1. The summed E-state index contributed by atoms with van der Waals surface area (Å²) in [6, 6.07) is 10.3. The van der Waals surface area contributed by atoms with Gasteiger partial charge in [0.05, 0.1) is 0 Å². The van der Waals surface area contributed by atoms with Crippen LogP contribution in [0.1, 0.15) is 12.8 Å². The molecule has 0 saturated carbocycles. The molecule has 0 amide bonds. The first-order chi connectivity index (χ1) is 7.86. The fourth-order valence-electron chi connectivity index (χ4n) is 1.50. The van der Waals surface area contributed by atoms with Crippen LogP contribution in [0.3, 0.4) is 0 Å². The summed E-state index contributed by atoms with van der Waals surface area (Å²) in [7, 11) is 3.70. The fourth-order valence-corrected chi connectivity index (χ4v) is 1.50. The molecule has 16 heavy (non-hydrogen) atoms. The van der Waals surface area contributed by atoms with E-state index in [9.17, 15) is 0 Å². The summed E-state index contributed by atoms with van der Waals surface area (Å²) in [6.45, 7) is 1.51. The maximum atomic E-state index is 5.69. The van der Waals surface area contributed by atoms with Gasteiger partial charge in [-0.2, -0.15) is 0 Å². The number of nitrogens with one attached hydrogen (secondary N) is 1. The second kappa shape index (κ2) is 8.13. The number of ether oxygens (including phenoxy) is 2. The van der Waals surface area contributed by atoms with E-state index in [4.69, 9.17) is 9.47 Å². The van der Waals surface area contributed by atoms with Crippen LogP contribution in [0.25, 0.3) is 0 Å². The Balaban J connectivity index is 2.23. The number of benzene rings is 1. The highest BCUT2D eigenvalue weighted by Crippen LogP contribution is 2.09. The Morgan fingerprint density at radius 3 is 2.62 bits per heavy atom. The molecule has 0 aliphatic carbocycles. The van der Waals surface area contributed by atoms with E-state index in [-0.39, 0.29) is 0 Å². The van der Waals surface area contributed by atoms with Crippen LogP contribution in [-0.4, -0.2) is 33.4 Å². The average Bonchev–Trinajstić information content (AvgIpc) is 2.35. The van der Waals surface area contributed by atoms with Gasteiger partial charge in [0.2, 0.25) is 0 Å². The van der Waals surface area contributed by atoms with E-state index in [0.717, 1.165) is 25.2 Å². The number of para-hydroxylation sites is 1. The number of methoxy groups -OCH3 is 1. The van der Waals surface area contributed by atoms with Gasteiger partial charge >= 0.3 is 0 Å². The molecule has 1 aromatic carbocycles. The van der Waals surface area contributed by atoms with Crippen molar-refractivity contribution in [2.24, 2.45) is 0 Å². The van der Waals surface area contributed by atoms with Crippen molar-refractivity contribution in [1.82, 2.24) is 5.32 Å². The standard InChI is InChI=1S/C13H21NO2/c1-14-12(7-6-10-15-2)11-16-13-8-4-3-5-9-13/h3-5,8-9,12,14H,6-7,10-11H2,1-2H3. The molecule has 0 bridgehead atoms. The summed E-state index contributed by atoms with van der Waals surface area (Å²) >= 11 is 0. The van der Waals surface area contributed by atoms with Gasteiger partial charge in [-0.1, -0.05) is 18.2 Å². The Hall–Kier alpha value is -1.06. The quantitative estimate of drug-likeness (QED) is 0.684. The van der Waals surface area contributed by atoms with E-state index in [1.165, 1.54) is 0 Å². The second-order valence-corrected chi connectivity index (χ2v) is 3.74. The van der Waals surface area contributed by atoms with E-state index < -0.39 is 0 Å². The molecular weight excluding hydrogens is 202 g/mol. The Labute approximate surface area is 97.8 Å². The van der Waals surface area contributed by atoms with Crippen LogP contribution in [-0.2, 0) is 4.74 Å². The second-order valence-electron chi connectivity index (χ2n) is 3.74. The molecule has 3 nitrogen and oxygen atoms in total. The third-order valence-corrected chi connectivity index (χ3v) is 2.50. The number of rotatable bonds is 8. The summed E-state index contributed by atoms with van der Waals surface area (Å²) in [6.07, 6.45) is 2.12. The van der Waals surface area contributed by atoms with Gasteiger partial charge < -0.3 is 14.8 Å². The third kappa shape index (κ3) is 5.14. The largest absolute Gasteiger partial charge is 0.492 e. The topological polar surface area (TPSA) is 30.5 Å². The Morgan fingerprint density at radius 2 is 2.00 bits per heavy atom. The summed E-state index contributed by atoms with van der Waals surface area (Å²) in [5, 5.41) is 3.25. The summed E-state index contributed by atoms with van der Waals surface area (Å²) in [5.41, 5.74) is 0. The summed E-state index contributed by atoms with van der Waals surface area (Å²) < 4.78 is 10.7. The molecule has 0 saturated heterocycles. The zero-order valence-corrected chi connectivity index (χ0v) is 10.1. The zero-order chi connectivity index (χ0) is 11.6. The molecular formula is C13H21NO2. The van der Waals surface area contributed by atoms with Crippen LogP contribution < -0.4 is 10.1 Å². The molecule has 1 N–H and O–H groups in total. The monoisotopic (exact) mass is 223 g/mol. The zero-order valence-electron chi connectivity index (χ0n) is 10.1. The molecule has 0 aromatic heterocycles. The maximum absolute atomic E-state index is 5.69. The first-order valence-electron chi connectivity index (χ1n) is 5.71. The SMILES string of the molecule is CNC(CCCOC)COc1ccccc1. The van der Waals surface area contributed by atoms with Gasteiger partial charge in [0, 0.05) is 19.8 Å². The van der Waals surface area contributed by atoms with E-state index in [2.05, 4.69) is 5.32 Å². The number of hydrogen-bond acceptors (Lipinski definition) is 3. The molecule has 0 aliphatic heterocycles. The molecule has 1 rings (SSSR count). The van der Waals surface area contributed by atoms with Crippen molar-refractivity contribution in [3.05, 3.63) is 30.3 Å². The minimum atomic E-state index is 0.385. The lowest BCUT2D eigenvalue weighted by Crippen LogP contribution is -2.31. The van der Waals surface area contributed by atoms with Crippen molar-refractivity contribution >= 4 is 0 Å². The molecule has 1 aromatic rings. The molecule has 0 aliphatic rings. The van der Waals surface area contributed by atoms with Crippen LogP contribution in [0.5, 0.6) is 5.75 Å². The lowest BCUT2D eigenvalue weighted by atomic mass is 10.2. The lowest BCUT2D eigenvalue weighted by Gasteiger charge is -2.16. The van der Waals surface area contributed by atoms with Gasteiger partial charge in [-0.05, 0) is 32.0 Å². The number of likely N-dealkylation sites (N-methyl/N-ethyl adjacent to an activating group) is 1. The van der Waals surface area contributed by atoms with Crippen LogP contribution in [0, 0.1) is 0 Å². The minimum absolute atomic E-state index is 0.385. The van der Waals surface area contributed by atoms with Gasteiger partial charge in [-0.3, -0.25) is 0 Å². The molecule has 0 fully saturated rings. The smallest absolute Gasteiger partial charge is 0.119 e. The molecule has 0 spiro atoms. The molecule has 1 unspecified atom stereocenters.